The molecule has 0 radical (unpaired) electrons. The number of fused-ring (bicyclic) bond motifs is 1. The second-order valence-electron chi connectivity index (χ2n) is 7.38. The highest BCUT2D eigenvalue weighted by Crippen LogP contribution is 2.35. The molecule has 0 aromatic heterocycles. The molecule has 1 unspecified atom stereocenters. The van der Waals surface area contributed by atoms with Crippen molar-refractivity contribution >= 4 is 39.7 Å². The molecule has 2 aliphatic heterocycles. The van der Waals surface area contributed by atoms with Gasteiger partial charge in [-0.05, 0) is 56.0 Å². The first-order valence-electron chi connectivity index (χ1n) is 9.41. The second kappa shape index (κ2) is 8.80. The molecule has 3 N–H and O–H groups in total. The number of piperidine rings is 1. The highest BCUT2D eigenvalue weighted by Gasteiger charge is 2.48. The van der Waals surface area contributed by atoms with Gasteiger partial charge in [-0.3, -0.25) is 9.59 Å². The van der Waals surface area contributed by atoms with Gasteiger partial charge in [0.25, 0.3) is 0 Å². The van der Waals surface area contributed by atoms with Crippen molar-refractivity contribution in [3.05, 3.63) is 29.3 Å². The number of carbonyl (C=O) groups is 2. The SMILES string of the molecule is CCc1ccc2c(c1)C(CCNC(=O)C1(S(C)(=O)=O)CCNCC1)C(=O)N2.Cl. The molecule has 9 heteroatoms. The van der Waals surface area contributed by atoms with Crippen LogP contribution in [0, 0.1) is 0 Å². The summed E-state index contributed by atoms with van der Waals surface area (Å²) in [6.45, 7) is 3.32. The predicted octanol–water partition coefficient (Wildman–Crippen LogP) is 1.38. The van der Waals surface area contributed by atoms with Crippen molar-refractivity contribution in [3.63, 3.8) is 0 Å². The van der Waals surface area contributed by atoms with Crippen LogP contribution in [-0.4, -0.2) is 50.9 Å². The number of benzene rings is 1. The first-order chi connectivity index (χ1) is 12.8. The van der Waals surface area contributed by atoms with E-state index in [-0.39, 0.29) is 43.6 Å². The molecule has 28 heavy (non-hydrogen) atoms. The van der Waals surface area contributed by atoms with Crippen LogP contribution in [0.15, 0.2) is 18.2 Å². The Labute approximate surface area is 172 Å². The fourth-order valence-corrected chi connectivity index (χ4v) is 5.32. The fourth-order valence-electron chi connectivity index (χ4n) is 3.97. The number of hydrogen-bond donors (Lipinski definition) is 3. The average Bonchev–Trinajstić information content (AvgIpc) is 2.96. The first-order valence-corrected chi connectivity index (χ1v) is 11.3. The summed E-state index contributed by atoms with van der Waals surface area (Å²) in [7, 11) is -3.54. The number of carbonyl (C=O) groups excluding carboxylic acids is 2. The van der Waals surface area contributed by atoms with Crippen molar-refractivity contribution in [3.8, 4) is 0 Å². The smallest absolute Gasteiger partial charge is 0.241 e. The third kappa shape index (κ3) is 4.18. The highest BCUT2D eigenvalue weighted by atomic mass is 35.5. The monoisotopic (exact) mass is 429 g/mol. The third-order valence-electron chi connectivity index (χ3n) is 5.73. The Morgan fingerprint density at radius 1 is 1.29 bits per heavy atom. The van der Waals surface area contributed by atoms with E-state index < -0.39 is 20.5 Å². The lowest BCUT2D eigenvalue weighted by Gasteiger charge is -2.34. The van der Waals surface area contributed by atoms with Crippen molar-refractivity contribution in [1.82, 2.24) is 10.6 Å². The molecule has 156 valence electrons. The zero-order valence-electron chi connectivity index (χ0n) is 16.2. The molecule has 3 rings (SSSR count). The van der Waals surface area contributed by atoms with E-state index in [1.165, 1.54) is 0 Å². The van der Waals surface area contributed by atoms with E-state index in [0.717, 1.165) is 29.5 Å². The van der Waals surface area contributed by atoms with Gasteiger partial charge in [-0.2, -0.15) is 0 Å². The number of halogens is 1. The van der Waals surface area contributed by atoms with Gasteiger partial charge in [0.15, 0.2) is 14.6 Å². The van der Waals surface area contributed by atoms with Gasteiger partial charge in [-0.25, -0.2) is 8.42 Å². The number of amides is 2. The van der Waals surface area contributed by atoms with Crippen LogP contribution in [0.5, 0.6) is 0 Å². The topological polar surface area (TPSA) is 104 Å². The average molecular weight is 430 g/mol. The van der Waals surface area contributed by atoms with Gasteiger partial charge in [-0.15, -0.1) is 12.4 Å². The van der Waals surface area contributed by atoms with Crippen LogP contribution in [0.3, 0.4) is 0 Å². The van der Waals surface area contributed by atoms with E-state index >= 15 is 0 Å². The summed E-state index contributed by atoms with van der Waals surface area (Å²) >= 11 is 0. The van der Waals surface area contributed by atoms with Crippen LogP contribution < -0.4 is 16.0 Å². The third-order valence-corrected chi connectivity index (χ3v) is 7.74. The molecule has 1 aromatic carbocycles. The van der Waals surface area contributed by atoms with E-state index in [4.69, 9.17) is 0 Å². The number of nitrogens with one attached hydrogen (secondary N) is 3. The van der Waals surface area contributed by atoms with Gasteiger partial charge >= 0.3 is 0 Å². The maximum Gasteiger partial charge on any atom is 0.241 e. The zero-order valence-corrected chi connectivity index (χ0v) is 17.8. The summed E-state index contributed by atoms with van der Waals surface area (Å²) in [5.41, 5.74) is 2.93. The molecule has 1 saturated heterocycles. The van der Waals surface area contributed by atoms with Crippen LogP contribution in [-0.2, 0) is 25.8 Å². The lowest BCUT2D eigenvalue weighted by Crippen LogP contribution is -2.57. The normalized spacial score (nSPS) is 20.6. The largest absolute Gasteiger partial charge is 0.355 e. The summed E-state index contributed by atoms with van der Waals surface area (Å²) < 4.78 is 23.2. The minimum atomic E-state index is -3.54. The van der Waals surface area contributed by atoms with Gasteiger partial charge < -0.3 is 16.0 Å². The molecular formula is C19H28ClN3O4S. The minimum Gasteiger partial charge on any atom is -0.355 e. The van der Waals surface area contributed by atoms with Crippen LogP contribution in [0.4, 0.5) is 5.69 Å². The quantitative estimate of drug-likeness (QED) is 0.633. The first kappa shape index (κ1) is 22.6. The summed E-state index contributed by atoms with van der Waals surface area (Å²) in [5.74, 6) is -0.853. The molecule has 7 nitrogen and oxygen atoms in total. The molecule has 2 aliphatic rings. The van der Waals surface area contributed by atoms with E-state index in [2.05, 4.69) is 22.9 Å². The maximum atomic E-state index is 12.7. The zero-order chi connectivity index (χ0) is 19.7. The van der Waals surface area contributed by atoms with Crippen LogP contribution in [0.2, 0.25) is 0 Å². The molecule has 1 aromatic rings. The number of aryl methyl sites for hydroxylation is 1. The maximum absolute atomic E-state index is 12.7. The summed E-state index contributed by atoms with van der Waals surface area (Å²) in [6.07, 6.45) is 2.99. The second-order valence-corrected chi connectivity index (χ2v) is 9.70. The number of anilines is 1. The Balaban J connectivity index is 0.00000280. The van der Waals surface area contributed by atoms with E-state index in [0.29, 0.717) is 19.5 Å². The summed E-state index contributed by atoms with van der Waals surface area (Å²) in [4.78, 5) is 25.1. The molecular weight excluding hydrogens is 402 g/mol. The number of rotatable bonds is 6. The van der Waals surface area contributed by atoms with Crippen LogP contribution in [0.25, 0.3) is 0 Å². The number of hydrogen-bond acceptors (Lipinski definition) is 5. The molecule has 2 heterocycles. The predicted molar refractivity (Wildman–Crippen MR) is 112 cm³/mol. The molecule has 1 fully saturated rings. The molecule has 0 bridgehead atoms. The van der Waals surface area contributed by atoms with Crippen molar-refractivity contribution in [1.29, 1.82) is 0 Å². The van der Waals surface area contributed by atoms with Crippen molar-refractivity contribution < 1.29 is 18.0 Å². The Hall–Kier alpha value is -1.64. The van der Waals surface area contributed by atoms with Gasteiger partial charge in [0.05, 0.1) is 5.92 Å². The summed E-state index contributed by atoms with van der Waals surface area (Å²) in [6, 6.07) is 5.94. The Morgan fingerprint density at radius 2 is 1.96 bits per heavy atom. The lowest BCUT2D eigenvalue weighted by atomic mass is 9.94. The molecule has 0 spiro atoms. The van der Waals surface area contributed by atoms with E-state index in [9.17, 15) is 18.0 Å². The van der Waals surface area contributed by atoms with Crippen molar-refractivity contribution in [2.24, 2.45) is 0 Å². The van der Waals surface area contributed by atoms with Crippen LogP contribution in [0.1, 0.15) is 43.2 Å². The van der Waals surface area contributed by atoms with Crippen molar-refractivity contribution in [2.45, 2.75) is 43.3 Å². The minimum absolute atomic E-state index is 0. The molecule has 1 atom stereocenters. The molecule has 0 aliphatic carbocycles. The Bertz CT molecular complexity index is 851. The standard InChI is InChI=1S/C19H27N3O4S.ClH/c1-3-13-4-5-16-15(12-13)14(17(23)22-16)6-9-21-18(24)19(27(2,25)26)7-10-20-11-8-19;/h4-5,12,14,20H,3,6-11H2,1-2H3,(H,21,24)(H,22,23);1H. The van der Waals surface area contributed by atoms with E-state index in [1.54, 1.807) is 0 Å². The molecule has 2 amide bonds. The van der Waals surface area contributed by atoms with Crippen LogP contribution >= 0.6 is 12.4 Å². The lowest BCUT2D eigenvalue weighted by molar-refractivity contribution is -0.124. The highest BCUT2D eigenvalue weighted by molar-refractivity contribution is 7.92. The number of sulfone groups is 1. The van der Waals surface area contributed by atoms with Gasteiger partial charge in [0.1, 0.15) is 0 Å². The Kier molecular flexibility index (Phi) is 7.12. The Morgan fingerprint density at radius 3 is 2.57 bits per heavy atom. The van der Waals surface area contributed by atoms with Gasteiger partial charge in [-0.1, -0.05) is 19.1 Å². The molecule has 0 saturated carbocycles. The fraction of sp³-hybridized carbons (Fsp3) is 0.579. The summed E-state index contributed by atoms with van der Waals surface area (Å²) in [5, 5.41) is 8.75. The van der Waals surface area contributed by atoms with Crippen molar-refractivity contribution in [2.75, 3.05) is 31.2 Å². The van der Waals surface area contributed by atoms with E-state index in [1.807, 2.05) is 18.2 Å². The van der Waals surface area contributed by atoms with Gasteiger partial charge in [0, 0.05) is 18.5 Å². The van der Waals surface area contributed by atoms with Gasteiger partial charge in [0.2, 0.25) is 11.8 Å².